The highest BCUT2D eigenvalue weighted by atomic mass is 16.5. The van der Waals surface area contributed by atoms with Gasteiger partial charge < -0.3 is 9.47 Å². The van der Waals surface area contributed by atoms with Crippen LogP contribution in [0.4, 0.5) is 0 Å². The van der Waals surface area contributed by atoms with E-state index in [4.69, 9.17) is 9.47 Å². The van der Waals surface area contributed by atoms with Crippen molar-refractivity contribution in [2.75, 3.05) is 7.11 Å². The molecule has 0 saturated heterocycles. The Labute approximate surface area is 167 Å². The number of rotatable bonds is 2. The molecule has 4 saturated carbocycles. The van der Waals surface area contributed by atoms with Crippen LogP contribution in [0.25, 0.3) is 0 Å². The van der Waals surface area contributed by atoms with Gasteiger partial charge in [0.15, 0.2) is 0 Å². The lowest BCUT2D eigenvalue weighted by atomic mass is 9.44. The Morgan fingerprint density at radius 1 is 1.04 bits per heavy atom. The molecule has 0 radical (unpaired) electrons. The van der Waals surface area contributed by atoms with Gasteiger partial charge in [-0.25, -0.2) is 0 Å². The maximum absolute atomic E-state index is 13.1. The van der Waals surface area contributed by atoms with E-state index in [1.807, 2.05) is 0 Å². The molecule has 0 spiro atoms. The smallest absolute Gasteiger partial charge is 0.309 e. The van der Waals surface area contributed by atoms with Crippen molar-refractivity contribution >= 4 is 17.7 Å². The van der Waals surface area contributed by atoms with Gasteiger partial charge in [0, 0.05) is 19.3 Å². The number of hydrogen-bond acceptors (Lipinski definition) is 5. The number of fused-ring (bicyclic) bond motifs is 5. The second kappa shape index (κ2) is 6.84. The fraction of sp³-hybridized carbons (Fsp3) is 0.870. The predicted molar refractivity (Wildman–Crippen MR) is 103 cm³/mol. The highest BCUT2D eigenvalue weighted by Gasteiger charge is 2.64. The summed E-state index contributed by atoms with van der Waals surface area (Å²) in [7, 11) is 1.43. The van der Waals surface area contributed by atoms with Gasteiger partial charge >= 0.3 is 11.9 Å². The number of ketones is 1. The summed E-state index contributed by atoms with van der Waals surface area (Å²) in [6.45, 7) is 6.07. The minimum Gasteiger partial charge on any atom is -0.469 e. The van der Waals surface area contributed by atoms with Crippen molar-refractivity contribution in [1.82, 2.24) is 0 Å². The van der Waals surface area contributed by atoms with Crippen molar-refractivity contribution in [3.05, 3.63) is 0 Å². The molecule has 0 heterocycles. The molecule has 0 bridgehead atoms. The molecule has 0 aromatic carbocycles. The molecule has 4 aliphatic rings. The minimum absolute atomic E-state index is 0.000631. The lowest BCUT2D eigenvalue weighted by Gasteiger charge is -2.60. The number of esters is 2. The molecular weight excluding hydrogens is 356 g/mol. The van der Waals surface area contributed by atoms with Crippen LogP contribution in [0.2, 0.25) is 0 Å². The number of hydrogen-bond donors (Lipinski definition) is 0. The first kappa shape index (κ1) is 19.9. The average molecular weight is 391 g/mol. The van der Waals surface area contributed by atoms with Gasteiger partial charge in [0.25, 0.3) is 0 Å². The van der Waals surface area contributed by atoms with E-state index in [0.717, 1.165) is 44.9 Å². The molecule has 0 aromatic rings. The normalized spacial score (nSPS) is 47.5. The standard InChI is InChI=1S/C23H34O5/c1-13(24)28-15-7-9-22(2)14(11-15)5-6-16-17(22)8-10-23(3)18(21(26)27-4)12-19(25)20(16)23/h14-18,20H,5-12H2,1-4H3/t14-,15-,16+,17-,18+,20+,22-,23+/m0/s1. The van der Waals surface area contributed by atoms with Gasteiger partial charge in [-0.1, -0.05) is 13.8 Å². The van der Waals surface area contributed by atoms with Crippen molar-refractivity contribution in [2.24, 2.45) is 40.4 Å². The molecule has 5 heteroatoms. The summed E-state index contributed by atoms with van der Waals surface area (Å²) in [5, 5.41) is 0. The van der Waals surface area contributed by atoms with E-state index >= 15 is 0 Å². The zero-order valence-corrected chi connectivity index (χ0v) is 17.7. The summed E-state index contributed by atoms with van der Waals surface area (Å²) in [6, 6.07) is 0. The number of carbonyl (C=O) groups is 3. The second-order valence-electron chi connectivity index (χ2n) is 10.3. The van der Waals surface area contributed by atoms with Crippen LogP contribution in [-0.2, 0) is 23.9 Å². The molecule has 8 atom stereocenters. The van der Waals surface area contributed by atoms with E-state index in [2.05, 4.69) is 13.8 Å². The summed E-state index contributed by atoms with van der Waals surface area (Å²) in [4.78, 5) is 36.8. The topological polar surface area (TPSA) is 69.7 Å². The third-order valence-corrected chi connectivity index (χ3v) is 9.20. The highest BCUT2D eigenvalue weighted by molar-refractivity contribution is 5.91. The average Bonchev–Trinajstić information content (AvgIpc) is 2.92. The van der Waals surface area contributed by atoms with E-state index < -0.39 is 0 Å². The fourth-order valence-electron chi connectivity index (χ4n) is 7.85. The molecule has 0 N–H and O–H groups in total. The van der Waals surface area contributed by atoms with Gasteiger partial charge in [-0.3, -0.25) is 14.4 Å². The fourth-order valence-corrected chi connectivity index (χ4v) is 7.85. The summed E-state index contributed by atoms with van der Waals surface area (Å²) in [5.41, 5.74) is -0.0337. The van der Waals surface area contributed by atoms with Crippen LogP contribution in [-0.4, -0.2) is 30.9 Å². The molecule has 0 unspecified atom stereocenters. The van der Waals surface area contributed by atoms with Gasteiger partial charge in [-0.2, -0.15) is 0 Å². The summed E-state index contributed by atoms with van der Waals surface area (Å²) in [5.74, 6) is 1.09. The third-order valence-electron chi connectivity index (χ3n) is 9.20. The zero-order chi connectivity index (χ0) is 20.3. The zero-order valence-electron chi connectivity index (χ0n) is 17.7. The summed E-state index contributed by atoms with van der Waals surface area (Å²) < 4.78 is 10.6. The van der Waals surface area contributed by atoms with E-state index in [1.165, 1.54) is 14.0 Å². The maximum Gasteiger partial charge on any atom is 0.309 e. The van der Waals surface area contributed by atoms with Crippen LogP contribution >= 0.6 is 0 Å². The van der Waals surface area contributed by atoms with Gasteiger partial charge in [0.05, 0.1) is 13.0 Å². The van der Waals surface area contributed by atoms with Crippen LogP contribution in [0.15, 0.2) is 0 Å². The van der Waals surface area contributed by atoms with Gasteiger partial charge in [0.1, 0.15) is 11.9 Å². The Balaban J connectivity index is 1.57. The van der Waals surface area contributed by atoms with E-state index in [9.17, 15) is 14.4 Å². The van der Waals surface area contributed by atoms with Crippen LogP contribution in [0, 0.1) is 40.4 Å². The van der Waals surface area contributed by atoms with Crippen LogP contribution in [0.3, 0.4) is 0 Å². The summed E-state index contributed by atoms with van der Waals surface area (Å²) >= 11 is 0. The quantitative estimate of drug-likeness (QED) is 0.668. The Bertz CT molecular complexity index is 686. The van der Waals surface area contributed by atoms with Gasteiger partial charge in [0.2, 0.25) is 0 Å². The minimum atomic E-state index is -0.277. The molecule has 0 aliphatic heterocycles. The van der Waals surface area contributed by atoms with Crippen molar-refractivity contribution in [3.8, 4) is 0 Å². The molecule has 156 valence electrons. The summed E-state index contributed by atoms with van der Waals surface area (Å²) in [6.07, 6.45) is 7.52. The van der Waals surface area contributed by atoms with Crippen LogP contribution in [0.5, 0.6) is 0 Å². The SMILES string of the molecule is COC(=O)[C@H]1CC(=O)[C@H]2[C@@H]3CC[C@H]4C[C@@H](OC(C)=O)CC[C@]4(C)[C@H]3CC[C@]12C. The molecule has 0 aromatic heterocycles. The highest BCUT2D eigenvalue weighted by Crippen LogP contribution is 2.66. The molecule has 28 heavy (non-hydrogen) atoms. The molecule has 4 fully saturated rings. The third kappa shape index (κ3) is 2.83. The molecule has 4 rings (SSSR count). The van der Waals surface area contributed by atoms with Gasteiger partial charge in [-0.05, 0) is 73.5 Å². The van der Waals surface area contributed by atoms with Crippen molar-refractivity contribution in [1.29, 1.82) is 0 Å². The number of Topliss-reactive ketones (excluding diaryl/α,β-unsaturated/α-hetero) is 1. The molecular formula is C23H34O5. The lowest BCUT2D eigenvalue weighted by Crippen LogP contribution is -2.55. The Kier molecular flexibility index (Phi) is 4.86. The Hall–Kier alpha value is -1.39. The first-order valence-electron chi connectivity index (χ1n) is 11.0. The Morgan fingerprint density at radius 3 is 2.43 bits per heavy atom. The molecule has 0 amide bonds. The van der Waals surface area contributed by atoms with E-state index in [0.29, 0.717) is 24.2 Å². The number of carbonyl (C=O) groups excluding carboxylic acids is 3. The molecule has 5 nitrogen and oxygen atoms in total. The van der Waals surface area contributed by atoms with Gasteiger partial charge in [-0.15, -0.1) is 0 Å². The number of ether oxygens (including phenoxy) is 2. The number of methoxy groups -OCH3 is 1. The largest absolute Gasteiger partial charge is 0.469 e. The van der Waals surface area contributed by atoms with E-state index in [1.54, 1.807) is 0 Å². The van der Waals surface area contributed by atoms with Crippen LogP contribution in [0.1, 0.15) is 72.1 Å². The van der Waals surface area contributed by atoms with Crippen LogP contribution < -0.4 is 0 Å². The van der Waals surface area contributed by atoms with Crippen molar-refractivity contribution < 1.29 is 23.9 Å². The Morgan fingerprint density at radius 2 is 1.75 bits per heavy atom. The second-order valence-corrected chi connectivity index (χ2v) is 10.3. The van der Waals surface area contributed by atoms with E-state index in [-0.39, 0.29) is 46.5 Å². The first-order chi connectivity index (χ1) is 13.2. The lowest BCUT2D eigenvalue weighted by molar-refractivity contribution is -0.166. The predicted octanol–water partition coefficient (Wildman–Crippen LogP) is 3.93. The van der Waals surface area contributed by atoms with Crippen molar-refractivity contribution in [2.45, 2.75) is 78.2 Å². The maximum atomic E-state index is 13.1. The first-order valence-corrected chi connectivity index (χ1v) is 11.0. The molecule has 4 aliphatic carbocycles. The monoisotopic (exact) mass is 390 g/mol. The van der Waals surface area contributed by atoms with Crippen molar-refractivity contribution in [3.63, 3.8) is 0 Å².